The number of halogens is 1. The normalized spacial score (nSPS) is 12.9. The summed E-state index contributed by atoms with van der Waals surface area (Å²) >= 11 is 2.26. The number of benzene rings is 1. The van der Waals surface area contributed by atoms with E-state index in [1.54, 1.807) is 6.20 Å². The van der Waals surface area contributed by atoms with Gasteiger partial charge in [-0.15, -0.1) is 0 Å². The molecule has 1 atom stereocenters. The summed E-state index contributed by atoms with van der Waals surface area (Å²) < 4.78 is 1.14. The van der Waals surface area contributed by atoms with Crippen LogP contribution in [0.1, 0.15) is 24.2 Å². The van der Waals surface area contributed by atoms with Crippen molar-refractivity contribution in [1.29, 1.82) is 0 Å². The van der Waals surface area contributed by atoms with Crippen LogP contribution in [0.5, 0.6) is 0 Å². The van der Waals surface area contributed by atoms with E-state index >= 15 is 0 Å². The van der Waals surface area contributed by atoms with Gasteiger partial charge in [-0.1, -0.05) is 6.92 Å². The zero-order valence-electron chi connectivity index (χ0n) is 9.88. The van der Waals surface area contributed by atoms with E-state index < -0.39 is 0 Å². The number of likely N-dealkylation sites (N-methyl/N-ethyl adjacent to an activating group) is 1. The predicted octanol–water partition coefficient (Wildman–Crippen LogP) is 2.95. The van der Waals surface area contributed by atoms with Gasteiger partial charge in [0.05, 0.1) is 6.04 Å². The number of rotatable bonds is 4. The van der Waals surface area contributed by atoms with Crippen LogP contribution in [0.25, 0.3) is 10.9 Å². The lowest BCUT2D eigenvalue weighted by molar-refractivity contribution is 0.0953. The third-order valence-electron chi connectivity index (χ3n) is 2.81. The van der Waals surface area contributed by atoms with Crippen molar-refractivity contribution in [3.63, 3.8) is 0 Å². The number of aromatic amines is 1. The van der Waals surface area contributed by atoms with Crippen LogP contribution < -0.4 is 5.32 Å². The fourth-order valence-electron chi connectivity index (χ4n) is 1.93. The second kappa shape index (κ2) is 5.18. The molecular weight excluding hydrogens is 327 g/mol. The average molecular weight is 342 g/mol. The van der Waals surface area contributed by atoms with E-state index in [4.69, 9.17) is 0 Å². The number of carbonyl (C=O) groups excluding carboxylic acids is 1. The van der Waals surface area contributed by atoms with Gasteiger partial charge in [0.1, 0.15) is 0 Å². The Hall–Kier alpha value is -0.880. The van der Waals surface area contributed by atoms with E-state index in [-0.39, 0.29) is 11.8 Å². The summed E-state index contributed by atoms with van der Waals surface area (Å²) in [5.41, 5.74) is 1.78. The molecule has 0 fully saturated rings. The van der Waals surface area contributed by atoms with Crippen LogP contribution in [-0.4, -0.2) is 23.4 Å². The Morgan fingerprint density at radius 1 is 1.53 bits per heavy atom. The molecule has 1 unspecified atom stereocenters. The molecule has 3 nitrogen and oxygen atoms in total. The molecule has 0 saturated heterocycles. The number of Topliss-reactive ketones (excluding diaryl/α,β-unsaturated/α-hetero) is 1. The van der Waals surface area contributed by atoms with Crippen molar-refractivity contribution in [2.45, 2.75) is 19.9 Å². The van der Waals surface area contributed by atoms with Crippen molar-refractivity contribution in [3.8, 4) is 0 Å². The molecule has 0 aliphatic rings. The van der Waals surface area contributed by atoms with Gasteiger partial charge in [-0.05, 0) is 54.3 Å². The number of carbonyl (C=O) groups is 1. The molecule has 2 aromatic rings. The number of hydrogen-bond acceptors (Lipinski definition) is 2. The Morgan fingerprint density at radius 2 is 2.29 bits per heavy atom. The fourth-order valence-corrected chi connectivity index (χ4v) is 2.42. The Labute approximate surface area is 114 Å². The highest BCUT2D eigenvalue weighted by Gasteiger charge is 2.17. The molecule has 2 rings (SSSR count). The number of H-pyrrole nitrogens is 1. The second-order valence-electron chi connectivity index (χ2n) is 4.04. The highest BCUT2D eigenvalue weighted by molar-refractivity contribution is 14.1. The third-order valence-corrected chi connectivity index (χ3v) is 3.48. The van der Waals surface area contributed by atoms with E-state index in [2.05, 4.69) is 32.9 Å². The van der Waals surface area contributed by atoms with Crippen LogP contribution >= 0.6 is 22.6 Å². The SMILES string of the molecule is CCNC(C)C(=O)c1c[nH]c2ccc(I)cc12. The van der Waals surface area contributed by atoms with Crippen molar-refractivity contribution in [2.75, 3.05) is 6.54 Å². The van der Waals surface area contributed by atoms with Crippen molar-refractivity contribution < 1.29 is 4.79 Å². The van der Waals surface area contributed by atoms with Gasteiger partial charge in [0, 0.05) is 26.2 Å². The maximum Gasteiger partial charge on any atom is 0.181 e. The minimum Gasteiger partial charge on any atom is -0.360 e. The van der Waals surface area contributed by atoms with Crippen LogP contribution in [-0.2, 0) is 0 Å². The maximum absolute atomic E-state index is 12.2. The molecule has 0 aliphatic heterocycles. The lowest BCUT2D eigenvalue weighted by atomic mass is 10.0. The van der Waals surface area contributed by atoms with E-state index in [0.717, 1.165) is 26.6 Å². The second-order valence-corrected chi connectivity index (χ2v) is 5.28. The van der Waals surface area contributed by atoms with Gasteiger partial charge in [-0.3, -0.25) is 4.79 Å². The summed E-state index contributed by atoms with van der Waals surface area (Å²) in [6, 6.07) is 5.93. The zero-order chi connectivity index (χ0) is 12.4. The monoisotopic (exact) mass is 342 g/mol. The Balaban J connectivity index is 2.41. The van der Waals surface area contributed by atoms with Crippen LogP contribution in [0.4, 0.5) is 0 Å². The first kappa shape index (κ1) is 12.6. The first-order valence-corrected chi connectivity index (χ1v) is 6.75. The number of hydrogen-bond donors (Lipinski definition) is 2. The first-order chi connectivity index (χ1) is 8.13. The summed E-state index contributed by atoms with van der Waals surface area (Å²) in [5.74, 6) is 0.139. The van der Waals surface area contributed by atoms with Gasteiger partial charge < -0.3 is 10.3 Å². The topological polar surface area (TPSA) is 44.9 Å². The average Bonchev–Trinajstić information content (AvgIpc) is 2.71. The van der Waals surface area contributed by atoms with Crippen molar-refractivity contribution in [3.05, 3.63) is 33.5 Å². The number of nitrogens with one attached hydrogen (secondary N) is 2. The summed E-state index contributed by atoms with van der Waals surface area (Å²) in [7, 11) is 0. The summed E-state index contributed by atoms with van der Waals surface area (Å²) in [6.45, 7) is 4.70. The minimum atomic E-state index is -0.142. The largest absolute Gasteiger partial charge is 0.360 e. The molecule has 0 radical (unpaired) electrons. The molecule has 1 heterocycles. The van der Waals surface area contributed by atoms with Gasteiger partial charge in [0.25, 0.3) is 0 Å². The Kier molecular flexibility index (Phi) is 3.83. The third kappa shape index (κ3) is 2.52. The van der Waals surface area contributed by atoms with E-state index in [1.807, 2.05) is 32.0 Å². The predicted molar refractivity (Wildman–Crippen MR) is 78.5 cm³/mol. The molecule has 1 aromatic carbocycles. The molecule has 1 aromatic heterocycles. The van der Waals surface area contributed by atoms with Gasteiger partial charge in [0.2, 0.25) is 0 Å². The molecule has 0 spiro atoms. The van der Waals surface area contributed by atoms with Crippen molar-refractivity contribution in [2.24, 2.45) is 0 Å². The number of aromatic nitrogens is 1. The number of fused-ring (bicyclic) bond motifs is 1. The van der Waals surface area contributed by atoms with Crippen molar-refractivity contribution in [1.82, 2.24) is 10.3 Å². The molecule has 17 heavy (non-hydrogen) atoms. The smallest absolute Gasteiger partial charge is 0.181 e. The minimum absolute atomic E-state index is 0.139. The molecule has 0 bridgehead atoms. The van der Waals surface area contributed by atoms with Gasteiger partial charge in [-0.25, -0.2) is 0 Å². The highest BCUT2D eigenvalue weighted by atomic mass is 127. The molecule has 0 saturated carbocycles. The lowest BCUT2D eigenvalue weighted by Crippen LogP contribution is -2.33. The van der Waals surface area contributed by atoms with Crippen LogP contribution in [0.3, 0.4) is 0 Å². The van der Waals surface area contributed by atoms with Crippen molar-refractivity contribution >= 4 is 39.3 Å². The van der Waals surface area contributed by atoms with E-state index in [0.29, 0.717) is 0 Å². The standard InChI is InChI=1S/C13H15IN2O/c1-3-15-8(2)13(17)11-7-16-12-5-4-9(14)6-10(11)12/h4-8,15-16H,3H2,1-2H3. The van der Waals surface area contributed by atoms with E-state index in [1.165, 1.54) is 0 Å². The Morgan fingerprint density at radius 3 is 3.00 bits per heavy atom. The van der Waals surface area contributed by atoms with E-state index in [9.17, 15) is 4.79 Å². The lowest BCUT2D eigenvalue weighted by Gasteiger charge is -2.10. The van der Waals surface area contributed by atoms with Crippen LogP contribution in [0.2, 0.25) is 0 Å². The summed E-state index contributed by atoms with van der Waals surface area (Å²) in [6.07, 6.45) is 1.80. The first-order valence-electron chi connectivity index (χ1n) is 5.67. The van der Waals surface area contributed by atoms with Gasteiger partial charge >= 0.3 is 0 Å². The summed E-state index contributed by atoms with van der Waals surface area (Å²) in [4.78, 5) is 15.4. The Bertz CT molecular complexity index is 547. The van der Waals surface area contributed by atoms with Crippen LogP contribution in [0, 0.1) is 3.57 Å². The molecule has 0 amide bonds. The molecule has 4 heteroatoms. The molecule has 2 N–H and O–H groups in total. The van der Waals surface area contributed by atoms with Gasteiger partial charge in [-0.2, -0.15) is 0 Å². The molecule has 90 valence electrons. The fraction of sp³-hybridized carbons (Fsp3) is 0.308. The molecule has 0 aliphatic carbocycles. The number of ketones is 1. The maximum atomic E-state index is 12.2. The van der Waals surface area contributed by atoms with Gasteiger partial charge in [0.15, 0.2) is 5.78 Å². The zero-order valence-corrected chi connectivity index (χ0v) is 12.0. The summed E-state index contributed by atoms with van der Waals surface area (Å²) in [5, 5.41) is 4.15. The molecular formula is C13H15IN2O. The quantitative estimate of drug-likeness (QED) is 0.663. The van der Waals surface area contributed by atoms with Crippen LogP contribution in [0.15, 0.2) is 24.4 Å². The highest BCUT2D eigenvalue weighted by Crippen LogP contribution is 2.21.